The quantitative estimate of drug-likeness (QED) is 0.837. The van der Waals surface area contributed by atoms with Gasteiger partial charge in [0.05, 0.1) is 11.4 Å². The summed E-state index contributed by atoms with van der Waals surface area (Å²) in [5, 5.41) is 2.93. The minimum Gasteiger partial charge on any atom is -0.349 e. The van der Waals surface area contributed by atoms with Crippen molar-refractivity contribution in [3.63, 3.8) is 0 Å². The molecule has 0 radical (unpaired) electrons. The van der Waals surface area contributed by atoms with Crippen molar-refractivity contribution in [2.45, 2.75) is 40.7 Å². The molecular weight excluding hydrogens is 300 g/mol. The lowest BCUT2D eigenvalue weighted by molar-refractivity contribution is 0.0930. The van der Waals surface area contributed by atoms with Crippen LogP contribution >= 0.6 is 0 Å². The first kappa shape index (κ1) is 18.5. The van der Waals surface area contributed by atoms with Crippen LogP contribution in [0, 0.1) is 5.92 Å². The second-order valence-corrected chi connectivity index (χ2v) is 7.80. The van der Waals surface area contributed by atoms with Gasteiger partial charge in [-0.25, -0.2) is 8.42 Å². The fourth-order valence-corrected chi connectivity index (χ4v) is 3.08. The third-order valence-corrected chi connectivity index (χ3v) is 5.63. The Hall–Kier alpha value is -1.56. The van der Waals surface area contributed by atoms with Crippen molar-refractivity contribution in [2.75, 3.05) is 16.6 Å². The molecular formula is C16H26N2O3S. The van der Waals surface area contributed by atoms with Gasteiger partial charge in [0.2, 0.25) is 10.0 Å². The van der Waals surface area contributed by atoms with Crippen molar-refractivity contribution in [3.05, 3.63) is 29.8 Å². The maximum atomic E-state index is 12.1. The van der Waals surface area contributed by atoms with Crippen LogP contribution in [0.1, 0.15) is 45.0 Å². The second kappa shape index (κ2) is 7.63. The Morgan fingerprint density at radius 3 is 2.09 bits per heavy atom. The van der Waals surface area contributed by atoms with Crippen LogP contribution < -0.4 is 9.62 Å². The summed E-state index contributed by atoms with van der Waals surface area (Å²) in [5.74, 6) is 0.261. The van der Waals surface area contributed by atoms with Gasteiger partial charge in [-0.15, -0.1) is 0 Å². The highest BCUT2D eigenvalue weighted by molar-refractivity contribution is 7.92. The molecule has 0 aliphatic heterocycles. The molecule has 0 fully saturated rings. The predicted molar refractivity (Wildman–Crippen MR) is 90.7 cm³/mol. The molecule has 22 heavy (non-hydrogen) atoms. The van der Waals surface area contributed by atoms with Gasteiger partial charge < -0.3 is 5.32 Å². The Labute approximate surface area is 133 Å². The first-order chi connectivity index (χ1) is 10.2. The van der Waals surface area contributed by atoms with Gasteiger partial charge in [0.1, 0.15) is 0 Å². The number of rotatable bonds is 7. The summed E-state index contributed by atoms with van der Waals surface area (Å²) in [5.41, 5.74) is 1.11. The van der Waals surface area contributed by atoms with E-state index in [1.165, 1.54) is 4.31 Å². The van der Waals surface area contributed by atoms with Gasteiger partial charge >= 0.3 is 0 Å². The van der Waals surface area contributed by atoms with Crippen LogP contribution in [0.4, 0.5) is 5.69 Å². The summed E-state index contributed by atoms with van der Waals surface area (Å²) < 4.78 is 25.4. The average molecular weight is 326 g/mol. The van der Waals surface area contributed by atoms with E-state index in [0.29, 0.717) is 23.7 Å². The molecule has 0 saturated carbocycles. The standard InChI is InChI=1S/C16H26N2O3S/c1-6-18(22(20,21)7-2)15-10-8-14(9-11-15)16(19)17-13(5)12(3)4/h8-13H,6-7H2,1-5H3,(H,17,19). The largest absolute Gasteiger partial charge is 0.349 e. The number of carbonyl (C=O) groups excluding carboxylic acids is 1. The Kier molecular flexibility index (Phi) is 6.41. The predicted octanol–water partition coefficient (Wildman–Crippen LogP) is 2.64. The zero-order chi connectivity index (χ0) is 16.9. The number of hydrogen-bond donors (Lipinski definition) is 1. The summed E-state index contributed by atoms with van der Waals surface area (Å²) in [6.45, 7) is 9.83. The maximum absolute atomic E-state index is 12.1. The van der Waals surface area contributed by atoms with Gasteiger partial charge in [0, 0.05) is 18.2 Å². The van der Waals surface area contributed by atoms with E-state index in [1.54, 1.807) is 38.1 Å². The second-order valence-electron chi connectivity index (χ2n) is 5.62. The van der Waals surface area contributed by atoms with Gasteiger partial charge in [0.15, 0.2) is 0 Å². The number of amides is 1. The first-order valence-corrected chi connectivity index (χ1v) is 9.25. The van der Waals surface area contributed by atoms with Crippen molar-refractivity contribution in [1.29, 1.82) is 0 Å². The van der Waals surface area contributed by atoms with E-state index in [-0.39, 0.29) is 17.7 Å². The van der Waals surface area contributed by atoms with E-state index in [9.17, 15) is 13.2 Å². The molecule has 1 atom stereocenters. The number of benzene rings is 1. The molecule has 1 aromatic rings. The highest BCUT2D eigenvalue weighted by atomic mass is 32.2. The molecule has 0 aromatic heterocycles. The minimum atomic E-state index is -3.29. The lowest BCUT2D eigenvalue weighted by Crippen LogP contribution is -2.36. The zero-order valence-electron chi connectivity index (χ0n) is 14.0. The highest BCUT2D eigenvalue weighted by Crippen LogP contribution is 2.19. The smallest absolute Gasteiger partial charge is 0.251 e. The number of anilines is 1. The summed E-state index contributed by atoms with van der Waals surface area (Å²) >= 11 is 0. The zero-order valence-corrected chi connectivity index (χ0v) is 14.8. The van der Waals surface area contributed by atoms with Crippen molar-refractivity contribution in [3.8, 4) is 0 Å². The third-order valence-electron chi connectivity index (χ3n) is 3.76. The number of sulfonamides is 1. The Morgan fingerprint density at radius 1 is 1.14 bits per heavy atom. The molecule has 0 spiro atoms. The lowest BCUT2D eigenvalue weighted by Gasteiger charge is -2.22. The fraction of sp³-hybridized carbons (Fsp3) is 0.562. The SMILES string of the molecule is CCN(c1ccc(C(=O)NC(C)C(C)C)cc1)S(=O)(=O)CC. The molecule has 1 N–H and O–H groups in total. The molecule has 0 bridgehead atoms. The molecule has 5 nitrogen and oxygen atoms in total. The summed E-state index contributed by atoms with van der Waals surface area (Å²) in [6, 6.07) is 6.74. The Balaban J connectivity index is 2.93. The average Bonchev–Trinajstić information content (AvgIpc) is 2.48. The van der Waals surface area contributed by atoms with Crippen LogP contribution in [-0.4, -0.2) is 32.7 Å². The van der Waals surface area contributed by atoms with E-state index in [1.807, 2.05) is 20.8 Å². The van der Waals surface area contributed by atoms with Crippen molar-refractivity contribution in [1.82, 2.24) is 5.32 Å². The van der Waals surface area contributed by atoms with Crippen molar-refractivity contribution in [2.24, 2.45) is 5.92 Å². The number of hydrogen-bond acceptors (Lipinski definition) is 3. The molecule has 0 saturated heterocycles. The minimum absolute atomic E-state index is 0.0506. The van der Waals surface area contributed by atoms with E-state index in [2.05, 4.69) is 5.32 Å². The highest BCUT2D eigenvalue weighted by Gasteiger charge is 2.19. The van der Waals surface area contributed by atoms with Crippen LogP contribution in [0.25, 0.3) is 0 Å². The van der Waals surface area contributed by atoms with Gasteiger partial charge in [-0.05, 0) is 51.0 Å². The van der Waals surface area contributed by atoms with Crippen LogP contribution in [0.3, 0.4) is 0 Å². The molecule has 0 heterocycles. The van der Waals surface area contributed by atoms with E-state index < -0.39 is 10.0 Å². The van der Waals surface area contributed by atoms with Crippen LogP contribution in [0.2, 0.25) is 0 Å². The molecule has 0 aliphatic rings. The lowest BCUT2D eigenvalue weighted by atomic mass is 10.1. The van der Waals surface area contributed by atoms with Crippen LogP contribution in [0.5, 0.6) is 0 Å². The molecule has 1 aromatic carbocycles. The van der Waals surface area contributed by atoms with Crippen molar-refractivity contribution < 1.29 is 13.2 Å². The summed E-state index contributed by atoms with van der Waals surface area (Å²) in [7, 11) is -3.29. The Morgan fingerprint density at radius 2 is 1.68 bits per heavy atom. The van der Waals surface area contributed by atoms with E-state index >= 15 is 0 Å². The Bertz CT molecular complexity index is 594. The molecule has 1 amide bonds. The fourth-order valence-electron chi connectivity index (χ4n) is 1.93. The summed E-state index contributed by atoms with van der Waals surface area (Å²) in [6.07, 6.45) is 0. The topological polar surface area (TPSA) is 66.5 Å². The van der Waals surface area contributed by atoms with E-state index in [0.717, 1.165) is 0 Å². The monoisotopic (exact) mass is 326 g/mol. The summed E-state index contributed by atoms with van der Waals surface area (Å²) in [4.78, 5) is 12.1. The van der Waals surface area contributed by atoms with Gasteiger partial charge in [0.25, 0.3) is 5.91 Å². The number of nitrogens with one attached hydrogen (secondary N) is 1. The molecule has 6 heteroatoms. The first-order valence-electron chi connectivity index (χ1n) is 7.64. The number of carbonyl (C=O) groups is 1. The molecule has 1 unspecified atom stereocenters. The third kappa shape index (κ3) is 4.47. The van der Waals surface area contributed by atoms with Crippen LogP contribution in [0.15, 0.2) is 24.3 Å². The van der Waals surface area contributed by atoms with Gasteiger partial charge in [-0.2, -0.15) is 0 Å². The number of nitrogens with zero attached hydrogens (tertiary/aromatic N) is 1. The van der Waals surface area contributed by atoms with Crippen molar-refractivity contribution >= 4 is 21.6 Å². The van der Waals surface area contributed by atoms with E-state index in [4.69, 9.17) is 0 Å². The molecule has 1 rings (SSSR count). The van der Waals surface area contributed by atoms with Gasteiger partial charge in [-0.1, -0.05) is 13.8 Å². The molecule has 124 valence electrons. The van der Waals surface area contributed by atoms with Gasteiger partial charge in [-0.3, -0.25) is 9.10 Å². The van der Waals surface area contributed by atoms with Crippen LogP contribution in [-0.2, 0) is 10.0 Å². The normalized spacial score (nSPS) is 13.0. The maximum Gasteiger partial charge on any atom is 0.251 e. The molecule has 0 aliphatic carbocycles.